The average Bonchev–Trinajstić information content (AvgIpc) is 2.58. The lowest BCUT2D eigenvalue weighted by atomic mass is 9.99. The van der Waals surface area contributed by atoms with Crippen LogP contribution in [0.25, 0.3) is 0 Å². The van der Waals surface area contributed by atoms with Crippen LogP contribution in [0, 0.1) is 0 Å². The highest BCUT2D eigenvalue weighted by Gasteiger charge is 2.33. The van der Waals surface area contributed by atoms with Crippen molar-refractivity contribution in [2.24, 2.45) is 0 Å². The molecule has 1 aliphatic rings. The topological polar surface area (TPSA) is 54.0 Å². The van der Waals surface area contributed by atoms with Gasteiger partial charge in [-0.2, -0.15) is 0 Å². The van der Waals surface area contributed by atoms with Crippen molar-refractivity contribution >= 4 is 5.97 Å². The van der Waals surface area contributed by atoms with Crippen molar-refractivity contribution in [2.45, 2.75) is 51.4 Å². The van der Waals surface area contributed by atoms with E-state index in [9.17, 15) is 4.79 Å². The van der Waals surface area contributed by atoms with Crippen LogP contribution in [-0.4, -0.2) is 44.1 Å². The van der Waals surface area contributed by atoms with Crippen molar-refractivity contribution in [1.29, 1.82) is 0 Å². The molecule has 24 heavy (non-hydrogen) atoms. The third kappa shape index (κ3) is 6.59. The molecule has 0 bridgehead atoms. The van der Waals surface area contributed by atoms with Crippen LogP contribution < -0.4 is 0 Å². The summed E-state index contributed by atoms with van der Waals surface area (Å²) in [5, 5.41) is 0. The average molecular weight is 336 g/mol. The molecule has 5 nitrogen and oxygen atoms in total. The van der Waals surface area contributed by atoms with Gasteiger partial charge in [0, 0.05) is 6.61 Å². The monoisotopic (exact) mass is 336 g/mol. The van der Waals surface area contributed by atoms with E-state index in [4.69, 9.17) is 18.9 Å². The van der Waals surface area contributed by atoms with Gasteiger partial charge in [0.1, 0.15) is 0 Å². The molecule has 0 N–H and O–H groups in total. The van der Waals surface area contributed by atoms with Gasteiger partial charge in [0.05, 0.1) is 44.6 Å². The van der Waals surface area contributed by atoms with Crippen LogP contribution in [0.2, 0.25) is 0 Å². The van der Waals surface area contributed by atoms with Crippen molar-refractivity contribution in [3.05, 3.63) is 35.9 Å². The first-order valence-electron chi connectivity index (χ1n) is 8.64. The third-order valence-electron chi connectivity index (χ3n) is 4.05. The Kier molecular flexibility index (Phi) is 7.69. The molecule has 1 aromatic carbocycles. The molecule has 0 radical (unpaired) electrons. The van der Waals surface area contributed by atoms with Crippen LogP contribution >= 0.6 is 0 Å². The summed E-state index contributed by atoms with van der Waals surface area (Å²) in [6.07, 6.45) is 1.83. The molecule has 0 amide bonds. The summed E-state index contributed by atoms with van der Waals surface area (Å²) in [5.41, 5.74) is 0.879. The maximum Gasteiger partial charge on any atom is 0.308 e. The van der Waals surface area contributed by atoms with E-state index < -0.39 is 0 Å². The zero-order valence-corrected chi connectivity index (χ0v) is 14.7. The Labute approximate surface area is 144 Å². The Bertz CT molecular complexity index is 480. The summed E-state index contributed by atoms with van der Waals surface area (Å²) in [4.78, 5) is 11.5. The van der Waals surface area contributed by atoms with Crippen molar-refractivity contribution in [2.75, 3.05) is 26.4 Å². The maximum atomic E-state index is 11.5. The molecule has 1 aliphatic heterocycles. The standard InChI is InChI=1S/C19H28O5/c1-3-22-18(20)12-17-14-24-19(2,15-23-17)10-7-11-21-13-16-8-5-4-6-9-16/h4-6,8-9,17H,3,7,10-15H2,1-2H3. The zero-order valence-electron chi connectivity index (χ0n) is 14.7. The molecular weight excluding hydrogens is 308 g/mol. The van der Waals surface area contributed by atoms with Gasteiger partial charge in [-0.15, -0.1) is 0 Å². The minimum atomic E-state index is -0.304. The fourth-order valence-corrected chi connectivity index (χ4v) is 2.66. The van der Waals surface area contributed by atoms with Gasteiger partial charge < -0.3 is 18.9 Å². The molecule has 0 saturated carbocycles. The summed E-state index contributed by atoms with van der Waals surface area (Å²) in [6, 6.07) is 10.1. The molecule has 1 heterocycles. The van der Waals surface area contributed by atoms with E-state index in [0.29, 0.717) is 33.0 Å². The molecule has 134 valence electrons. The zero-order chi connectivity index (χ0) is 17.3. The van der Waals surface area contributed by atoms with Crippen molar-refractivity contribution in [3.63, 3.8) is 0 Å². The molecule has 2 rings (SSSR count). The SMILES string of the molecule is CCOC(=O)CC1COC(C)(CCCOCc2ccccc2)CO1. The molecule has 0 aliphatic carbocycles. The number of benzene rings is 1. The normalized spacial score (nSPS) is 23.8. The highest BCUT2D eigenvalue weighted by atomic mass is 16.6. The second kappa shape index (κ2) is 9.77. The number of esters is 1. The second-order valence-electron chi connectivity index (χ2n) is 6.34. The Morgan fingerprint density at radius 2 is 2.12 bits per heavy atom. The van der Waals surface area contributed by atoms with Crippen LogP contribution in [0.4, 0.5) is 0 Å². The molecule has 0 aromatic heterocycles. The Balaban J connectivity index is 1.59. The molecule has 1 saturated heterocycles. The predicted octanol–water partition coefficient (Wildman–Crippen LogP) is 3.11. The van der Waals surface area contributed by atoms with Gasteiger partial charge in [-0.25, -0.2) is 0 Å². The first-order chi connectivity index (χ1) is 11.6. The summed E-state index contributed by atoms with van der Waals surface area (Å²) in [5.74, 6) is -0.232. The van der Waals surface area contributed by atoms with Gasteiger partial charge in [0.25, 0.3) is 0 Å². The van der Waals surface area contributed by atoms with Gasteiger partial charge in [-0.05, 0) is 32.3 Å². The quantitative estimate of drug-likeness (QED) is 0.512. The summed E-state index contributed by atoms with van der Waals surface area (Å²) in [6.45, 7) is 6.50. The fraction of sp³-hybridized carbons (Fsp3) is 0.632. The Hall–Kier alpha value is -1.43. The number of ether oxygens (including phenoxy) is 4. The highest BCUT2D eigenvalue weighted by molar-refractivity contribution is 5.69. The fourth-order valence-electron chi connectivity index (χ4n) is 2.66. The van der Waals surface area contributed by atoms with Crippen molar-refractivity contribution in [1.82, 2.24) is 0 Å². The van der Waals surface area contributed by atoms with E-state index in [0.717, 1.165) is 12.8 Å². The van der Waals surface area contributed by atoms with E-state index in [1.54, 1.807) is 6.92 Å². The summed E-state index contributed by atoms with van der Waals surface area (Å²) >= 11 is 0. The van der Waals surface area contributed by atoms with E-state index in [1.165, 1.54) is 5.56 Å². The smallest absolute Gasteiger partial charge is 0.308 e. The second-order valence-corrected chi connectivity index (χ2v) is 6.34. The van der Waals surface area contributed by atoms with Crippen LogP contribution in [-0.2, 0) is 30.3 Å². The van der Waals surface area contributed by atoms with Crippen LogP contribution in [0.5, 0.6) is 0 Å². The van der Waals surface area contributed by atoms with Gasteiger partial charge in [-0.1, -0.05) is 30.3 Å². The molecule has 5 heteroatoms. The lowest BCUT2D eigenvalue weighted by Gasteiger charge is -2.37. The molecule has 1 fully saturated rings. The number of hydrogen-bond donors (Lipinski definition) is 0. The van der Waals surface area contributed by atoms with E-state index >= 15 is 0 Å². The molecule has 1 aromatic rings. The van der Waals surface area contributed by atoms with Gasteiger partial charge in [-0.3, -0.25) is 4.79 Å². The van der Waals surface area contributed by atoms with Crippen LogP contribution in [0.1, 0.15) is 38.7 Å². The molecule has 2 atom stereocenters. The van der Waals surface area contributed by atoms with Gasteiger partial charge in [0.2, 0.25) is 0 Å². The summed E-state index contributed by atoms with van der Waals surface area (Å²) in [7, 11) is 0. The van der Waals surface area contributed by atoms with Gasteiger partial charge in [0.15, 0.2) is 0 Å². The number of hydrogen-bond acceptors (Lipinski definition) is 5. The largest absolute Gasteiger partial charge is 0.466 e. The summed E-state index contributed by atoms with van der Waals surface area (Å²) < 4.78 is 22.3. The first-order valence-corrected chi connectivity index (χ1v) is 8.64. The van der Waals surface area contributed by atoms with Crippen molar-refractivity contribution < 1.29 is 23.7 Å². The third-order valence-corrected chi connectivity index (χ3v) is 4.05. The molecular formula is C19H28O5. The van der Waals surface area contributed by atoms with E-state index in [1.807, 2.05) is 25.1 Å². The maximum absolute atomic E-state index is 11.5. The van der Waals surface area contributed by atoms with E-state index in [2.05, 4.69) is 12.1 Å². The minimum absolute atomic E-state index is 0.202. The van der Waals surface area contributed by atoms with Crippen molar-refractivity contribution in [3.8, 4) is 0 Å². The Morgan fingerprint density at radius 1 is 1.33 bits per heavy atom. The molecule has 0 spiro atoms. The van der Waals surface area contributed by atoms with Crippen LogP contribution in [0.15, 0.2) is 30.3 Å². The first kappa shape index (κ1) is 18.9. The number of carbonyl (C=O) groups excluding carboxylic acids is 1. The Morgan fingerprint density at radius 3 is 2.79 bits per heavy atom. The minimum Gasteiger partial charge on any atom is -0.466 e. The molecule has 2 unspecified atom stereocenters. The highest BCUT2D eigenvalue weighted by Crippen LogP contribution is 2.25. The number of rotatable bonds is 9. The number of carbonyl (C=O) groups is 1. The lowest BCUT2D eigenvalue weighted by molar-refractivity contribution is -0.193. The van der Waals surface area contributed by atoms with Gasteiger partial charge >= 0.3 is 5.97 Å². The van der Waals surface area contributed by atoms with E-state index in [-0.39, 0.29) is 24.1 Å². The van der Waals surface area contributed by atoms with Crippen LogP contribution in [0.3, 0.4) is 0 Å². The predicted molar refractivity (Wildman–Crippen MR) is 90.7 cm³/mol. The lowest BCUT2D eigenvalue weighted by Crippen LogP contribution is -2.45.